The molecule has 2 aromatic heterocycles. The summed E-state index contributed by atoms with van der Waals surface area (Å²) in [5.41, 5.74) is 3.65. The van der Waals surface area contributed by atoms with Crippen molar-refractivity contribution < 1.29 is 0 Å². The Hall–Kier alpha value is -2.66. The second-order valence-corrected chi connectivity index (χ2v) is 8.03. The minimum Gasteiger partial charge on any atom is -0.354 e. The van der Waals surface area contributed by atoms with Gasteiger partial charge in [0.1, 0.15) is 5.82 Å². The Labute approximate surface area is 213 Å². The first-order valence-corrected chi connectivity index (χ1v) is 11.1. The number of anilines is 1. The number of nitrogens with one attached hydrogen (secondary N) is 2. The molecule has 1 aromatic carbocycles. The number of halogens is 1. The maximum Gasteiger partial charge on any atom is 0.191 e. The molecule has 0 amide bonds. The summed E-state index contributed by atoms with van der Waals surface area (Å²) in [7, 11) is 3.97. The van der Waals surface area contributed by atoms with E-state index < -0.39 is 0 Å². The molecule has 4 rings (SSSR count). The number of hydrogen-bond donors (Lipinski definition) is 2. The molecule has 0 spiro atoms. The quantitative estimate of drug-likeness (QED) is 0.263. The number of guanidine groups is 1. The van der Waals surface area contributed by atoms with E-state index in [1.54, 1.807) is 7.05 Å². The van der Waals surface area contributed by atoms with Crippen LogP contribution in [-0.2, 0) is 19.6 Å². The maximum absolute atomic E-state index is 4.67. The van der Waals surface area contributed by atoms with Gasteiger partial charge >= 0.3 is 0 Å². The second kappa shape index (κ2) is 12.5. The summed E-state index contributed by atoms with van der Waals surface area (Å²) in [6.45, 7) is 6.23. The van der Waals surface area contributed by atoms with Gasteiger partial charge in [0.15, 0.2) is 5.96 Å². The summed E-state index contributed by atoms with van der Waals surface area (Å²) < 4.78 is 1.94. The minimum absolute atomic E-state index is 0. The minimum atomic E-state index is 0. The van der Waals surface area contributed by atoms with Crippen LogP contribution in [0, 0.1) is 0 Å². The zero-order valence-electron chi connectivity index (χ0n) is 19.3. The summed E-state index contributed by atoms with van der Waals surface area (Å²) in [6.07, 6.45) is 5.67. The van der Waals surface area contributed by atoms with Gasteiger partial charge in [0.2, 0.25) is 0 Å². The van der Waals surface area contributed by atoms with Crippen molar-refractivity contribution in [3.63, 3.8) is 0 Å². The normalized spacial score (nSPS) is 14.6. The molecule has 0 bridgehead atoms. The molecule has 1 saturated heterocycles. The highest BCUT2D eigenvalue weighted by atomic mass is 127. The lowest BCUT2D eigenvalue weighted by molar-refractivity contribution is 0.312. The molecular formula is C24H33IN8. The van der Waals surface area contributed by atoms with Gasteiger partial charge in [-0.3, -0.25) is 9.67 Å². The third kappa shape index (κ3) is 6.91. The molecule has 0 saturated carbocycles. The molecule has 3 aromatic rings. The molecular weight excluding hydrogens is 527 g/mol. The number of piperazine rings is 1. The van der Waals surface area contributed by atoms with Gasteiger partial charge in [-0.1, -0.05) is 30.3 Å². The summed E-state index contributed by atoms with van der Waals surface area (Å²) >= 11 is 0. The molecule has 176 valence electrons. The summed E-state index contributed by atoms with van der Waals surface area (Å²) in [5, 5.41) is 11.2. The largest absolute Gasteiger partial charge is 0.354 e. The van der Waals surface area contributed by atoms with Gasteiger partial charge in [-0.25, -0.2) is 4.98 Å². The van der Waals surface area contributed by atoms with Crippen LogP contribution >= 0.6 is 24.0 Å². The number of nitrogens with zero attached hydrogens (tertiary/aromatic N) is 6. The van der Waals surface area contributed by atoms with Gasteiger partial charge < -0.3 is 20.4 Å². The zero-order chi connectivity index (χ0) is 22.2. The molecule has 1 aliphatic heterocycles. The Bertz CT molecular complexity index is 1010. The van der Waals surface area contributed by atoms with E-state index in [0.717, 1.165) is 44.5 Å². The van der Waals surface area contributed by atoms with E-state index in [9.17, 15) is 0 Å². The van der Waals surface area contributed by atoms with Crippen molar-refractivity contribution in [2.24, 2.45) is 4.99 Å². The molecule has 0 radical (unpaired) electrons. The van der Waals surface area contributed by atoms with Gasteiger partial charge in [0, 0.05) is 70.5 Å². The molecule has 1 fully saturated rings. The Morgan fingerprint density at radius 3 is 2.30 bits per heavy atom. The lowest BCUT2D eigenvalue weighted by atomic mass is 10.1. The zero-order valence-corrected chi connectivity index (χ0v) is 21.6. The summed E-state index contributed by atoms with van der Waals surface area (Å²) in [4.78, 5) is 13.8. The molecule has 0 atom stereocenters. The number of hydrogen-bond acceptors (Lipinski definition) is 5. The van der Waals surface area contributed by atoms with E-state index in [1.807, 2.05) is 35.4 Å². The smallest absolute Gasteiger partial charge is 0.191 e. The molecule has 0 aliphatic carbocycles. The Balaban J connectivity index is 0.00000306. The maximum atomic E-state index is 4.67. The van der Waals surface area contributed by atoms with Crippen molar-refractivity contribution in [2.45, 2.75) is 19.6 Å². The van der Waals surface area contributed by atoms with Crippen LogP contribution in [-0.4, -0.2) is 65.9 Å². The van der Waals surface area contributed by atoms with Gasteiger partial charge in [0.25, 0.3) is 0 Å². The molecule has 1 aliphatic rings. The number of aromatic nitrogens is 3. The lowest BCUT2D eigenvalue weighted by Gasteiger charge is -2.34. The van der Waals surface area contributed by atoms with Gasteiger partial charge in [-0.15, -0.1) is 24.0 Å². The molecule has 2 N–H and O–H groups in total. The SMILES string of the molecule is CN=C(NCc1ccccc1Cn1cccn1)NCc1cccnc1N1CCN(C)CC1.I. The third-order valence-electron chi connectivity index (χ3n) is 5.80. The van der Waals surface area contributed by atoms with E-state index in [-0.39, 0.29) is 24.0 Å². The Morgan fingerprint density at radius 1 is 0.909 bits per heavy atom. The Morgan fingerprint density at radius 2 is 1.61 bits per heavy atom. The monoisotopic (exact) mass is 560 g/mol. The molecule has 8 nitrogen and oxygen atoms in total. The first kappa shape index (κ1) is 25.0. The number of aliphatic imine (C=N–C) groups is 1. The van der Waals surface area contributed by atoms with E-state index >= 15 is 0 Å². The van der Waals surface area contributed by atoms with Crippen LogP contribution in [0.2, 0.25) is 0 Å². The fourth-order valence-corrected chi connectivity index (χ4v) is 3.90. The van der Waals surface area contributed by atoms with Crippen LogP contribution in [0.15, 0.2) is 66.0 Å². The third-order valence-corrected chi connectivity index (χ3v) is 5.80. The van der Waals surface area contributed by atoms with E-state index in [1.165, 1.54) is 16.7 Å². The van der Waals surface area contributed by atoms with E-state index in [4.69, 9.17) is 0 Å². The first-order chi connectivity index (χ1) is 15.7. The topological polar surface area (TPSA) is 73.6 Å². The number of pyridine rings is 1. The van der Waals surface area contributed by atoms with Crippen LogP contribution in [0.4, 0.5) is 5.82 Å². The molecule has 0 unspecified atom stereocenters. The van der Waals surface area contributed by atoms with Crippen molar-refractivity contribution >= 4 is 35.8 Å². The number of rotatable bonds is 7. The average Bonchev–Trinajstić information content (AvgIpc) is 3.34. The van der Waals surface area contributed by atoms with Crippen molar-refractivity contribution in [1.82, 2.24) is 30.3 Å². The first-order valence-electron chi connectivity index (χ1n) is 11.1. The van der Waals surface area contributed by atoms with Crippen LogP contribution in [0.25, 0.3) is 0 Å². The van der Waals surface area contributed by atoms with E-state index in [2.05, 4.69) is 72.9 Å². The number of likely N-dealkylation sites (N-methyl/N-ethyl adjacent to an activating group) is 1. The summed E-state index contributed by atoms with van der Waals surface area (Å²) in [5.74, 6) is 1.83. The lowest BCUT2D eigenvalue weighted by Crippen LogP contribution is -2.45. The van der Waals surface area contributed by atoms with Crippen molar-refractivity contribution in [2.75, 3.05) is 45.2 Å². The van der Waals surface area contributed by atoms with Gasteiger partial charge in [0.05, 0.1) is 6.54 Å². The highest BCUT2D eigenvalue weighted by Crippen LogP contribution is 2.18. The fourth-order valence-electron chi connectivity index (χ4n) is 3.90. The van der Waals surface area contributed by atoms with Crippen LogP contribution in [0.3, 0.4) is 0 Å². The molecule has 3 heterocycles. The highest BCUT2D eigenvalue weighted by molar-refractivity contribution is 14.0. The predicted molar refractivity (Wildman–Crippen MR) is 144 cm³/mol. The average molecular weight is 560 g/mol. The highest BCUT2D eigenvalue weighted by Gasteiger charge is 2.18. The van der Waals surface area contributed by atoms with Crippen molar-refractivity contribution in [3.8, 4) is 0 Å². The predicted octanol–water partition coefficient (Wildman–Crippen LogP) is 2.56. The van der Waals surface area contributed by atoms with E-state index in [0.29, 0.717) is 13.1 Å². The standard InChI is InChI=1S/C24H32N8.HI/c1-25-24(27-17-20-7-3-4-8-22(20)19-32-12-6-11-29-32)28-18-21-9-5-10-26-23(21)31-15-13-30(2)14-16-31;/h3-12H,13-19H2,1-2H3,(H2,25,27,28);1H. The number of benzene rings is 1. The fraction of sp³-hybridized carbons (Fsp3) is 0.375. The summed E-state index contributed by atoms with van der Waals surface area (Å²) in [6, 6.07) is 14.5. The molecule has 33 heavy (non-hydrogen) atoms. The Kier molecular flexibility index (Phi) is 9.49. The van der Waals surface area contributed by atoms with Crippen molar-refractivity contribution in [1.29, 1.82) is 0 Å². The van der Waals surface area contributed by atoms with Gasteiger partial charge in [-0.05, 0) is 30.3 Å². The van der Waals surface area contributed by atoms with Crippen LogP contribution in [0.5, 0.6) is 0 Å². The van der Waals surface area contributed by atoms with Gasteiger partial charge in [-0.2, -0.15) is 5.10 Å². The molecule has 9 heteroatoms. The van der Waals surface area contributed by atoms with Crippen molar-refractivity contribution in [3.05, 3.63) is 77.7 Å². The second-order valence-electron chi connectivity index (χ2n) is 8.03. The van der Waals surface area contributed by atoms with Crippen LogP contribution in [0.1, 0.15) is 16.7 Å². The van der Waals surface area contributed by atoms with Crippen LogP contribution < -0.4 is 15.5 Å².